The SMILES string of the molecule is CC[NH+]([O-])C(=O)C(C)CCCc1cccc(Oc2ccccc2)c1. The fraction of sp³-hybridized carbons (Fsp3) is 0.350. The fourth-order valence-corrected chi connectivity index (χ4v) is 2.58. The van der Waals surface area contributed by atoms with E-state index in [1.807, 2.05) is 55.5 Å². The number of hydrogen-bond acceptors (Lipinski definition) is 3. The number of hydrogen-bond donors (Lipinski definition) is 1. The molecule has 4 nitrogen and oxygen atoms in total. The number of rotatable bonds is 8. The first-order valence-electron chi connectivity index (χ1n) is 8.49. The zero-order chi connectivity index (χ0) is 17.4. The topological polar surface area (TPSA) is 53.8 Å². The van der Waals surface area contributed by atoms with Gasteiger partial charge in [0.15, 0.2) is 0 Å². The monoisotopic (exact) mass is 327 g/mol. The molecule has 0 radical (unpaired) electrons. The molecule has 0 aliphatic rings. The third-order valence-electron chi connectivity index (χ3n) is 4.02. The number of hydroxylamine groups is 2. The highest BCUT2D eigenvalue weighted by atomic mass is 16.5. The van der Waals surface area contributed by atoms with E-state index in [4.69, 9.17) is 4.74 Å². The first kappa shape index (κ1) is 18.2. The van der Waals surface area contributed by atoms with Gasteiger partial charge in [0.1, 0.15) is 11.5 Å². The van der Waals surface area contributed by atoms with E-state index in [1.165, 1.54) is 5.56 Å². The van der Waals surface area contributed by atoms with E-state index in [1.54, 1.807) is 6.92 Å². The molecule has 0 saturated carbocycles. The number of carbonyl (C=O) groups is 1. The van der Waals surface area contributed by atoms with Crippen molar-refractivity contribution in [2.45, 2.75) is 33.1 Å². The number of ether oxygens (including phenoxy) is 1. The molecule has 0 spiro atoms. The van der Waals surface area contributed by atoms with Crippen molar-refractivity contribution >= 4 is 5.91 Å². The second-order valence-electron chi connectivity index (χ2n) is 6.00. The van der Waals surface area contributed by atoms with Crippen LogP contribution < -0.4 is 9.80 Å². The Bertz CT molecular complexity index is 642. The van der Waals surface area contributed by atoms with Gasteiger partial charge in [-0.05, 0) is 62.9 Å². The van der Waals surface area contributed by atoms with Crippen molar-refractivity contribution in [3.63, 3.8) is 0 Å². The lowest BCUT2D eigenvalue weighted by Gasteiger charge is -2.21. The zero-order valence-electron chi connectivity index (χ0n) is 14.3. The number of amides is 1. The lowest BCUT2D eigenvalue weighted by atomic mass is 10.00. The Morgan fingerprint density at radius 3 is 2.54 bits per heavy atom. The molecule has 0 bridgehead atoms. The van der Waals surface area contributed by atoms with Crippen LogP contribution in [0.3, 0.4) is 0 Å². The summed E-state index contributed by atoms with van der Waals surface area (Å²) in [5.74, 6) is 1.19. The highest BCUT2D eigenvalue weighted by Crippen LogP contribution is 2.22. The molecule has 2 rings (SSSR count). The highest BCUT2D eigenvalue weighted by Gasteiger charge is 2.18. The summed E-state index contributed by atoms with van der Waals surface area (Å²) in [6, 6.07) is 17.7. The molecule has 4 heteroatoms. The molecule has 24 heavy (non-hydrogen) atoms. The lowest BCUT2D eigenvalue weighted by Crippen LogP contribution is -3.10. The average molecular weight is 327 g/mol. The number of para-hydroxylation sites is 1. The Morgan fingerprint density at radius 1 is 1.12 bits per heavy atom. The number of quaternary nitrogens is 1. The molecule has 2 aromatic rings. The van der Waals surface area contributed by atoms with Crippen LogP contribution in [0.4, 0.5) is 0 Å². The minimum absolute atomic E-state index is 0.193. The van der Waals surface area contributed by atoms with Crippen LogP contribution in [0.15, 0.2) is 54.6 Å². The van der Waals surface area contributed by atoms with Crippen molar-refractivity contribution in [1.29, 1.82) is 0 Å². The molecule has 2 atom stereocenters. The minimum Gasteiger partial charge on any atom is -0.627 e. The van der Waals surface area contributed by atoms with Crippen molar-refractivity contribution in [3.8, 4) is 11.5 Å². The second kappa shape index (κ2) is 9.21. The summed E-state index contributed by atoms with van der Waals surface area (Å²) in [5, 5.41) is 11.2. The quantitative estimate of drug-likeness (QED) is 0.756. The van der Waals surface area contributed by atoms with Crippen LogP contribution in [0, 0.1) is 11.1 Å². The van der Waals surface area contributed by atoms with Gasteiger partial charge in [0.05, 0.1) is 12.5 Å². The van der Waals surface area contributed by atoms with E-state index in [0.717, 1.165) is 30.8 Å². The molecular weight excluding hydrogens is 302 g/mol. The van der Waals surface area contributed by atoms with Gasteiger partial charge in [-0.15, -0.1) is 0 Å². The highest BCUT2D eigenvalue weighted by molar-refractivity contribution is 5.69. The van der Waals surface area contributed by atoms with Gasteiger partial charge in [-0.2, -0.15) is 0 Å². The lowest BCUT2D eigenvalue weighted by molar-refractivity contribution is -0.764. The summed E-state index contributed by atoms with van der Waals surface area (Å²) in [4.78, 5) is 11.8. The van der Waals surface area contributed by atoms with E-state index >= 15 is 0 Å². The molecular formula is C20H25NO3. The summed E-state index contributed by atoms with van der Waals surface area (Å²) >= 11 is 0. The predicted molar refractivity (Wildman–Crippen MR) is 94.9 cm³/mol. The van der Waals surface area contributed by atoms with Crippen molar-refractivity contribution in [1.82, 2.24) is 0 Å². The average Bonchev–Trinajstić information content (AvgIpc) is 2.61. The van der Waals surface area contributed by atoms with E-state index in [-0.39, 0.29) is 16.9 Å². The minimum atomic E-state index is -0.263. The number of carbonyl (C=O) groups excluding carboxylic acids is 1. The predicted octanol–water partition coefficient (Wildman–Crippen LogP) is 3.37. The van der Waals surface area contributed by atoms with Crippen LogP contribution >= 0.6 is 0 Å². The molecule has 128 valence electrons. The van der Waals surface area contributed by atoms with E-state index in [0.29, 0.717) is 6.54 Å². The Hall–Kier alpha value is -2.17. The molecule has 0 heterocycles. The molecule has 0 fully saturated rings. The van der Waals surface area contributed by atoms with Gasteiger partial charge < -0.3 is 15.0 Å². The van der Waals surface area contributed by atoms with Gasteiger partial charge in [-0.3, -0.25) is 0 Å². The summed E-state index contributed by atoms with van der Waals surface area (Å²) < 4.78 is 5.83. The fourth-order valence-electron chi connectivity index (χ4n) is 2.58. The maximum absolute atomic E-state index is 11.8. The van der Waals surface area contributed by atoms with Crippen molar-refractivity contribution in [2.24, 2.45) is 5.92 Å². The van der Waals surface area contributed by atoms with Crippen LogP contribution in [0.5, 0.6) is 11.5 Å². The molecule has 2 unspecified atom stereocenters. The maximum Gasteiger partial charge on any atom is 0.314 e. The van der Waals surface area contributed by atoms with E-state index in [9.17, 15) is 10.0 Å². The largest absolute Gasteiger partial charge is 0.627 e. The van der Waals surface area contributed by atoms with E-state index in [2.05, 4.69) is 6.07 Å². The summed E-state index contributed by atoms with van der Waals surface area (Å²) in [5.41, 5.74) is 1.17. The van der Waals surface area contributed by atoms with Crippen LogP contribution in [0.2, 0.25) is 0 Å². The van der Waals surface area contributed by atoms with Gasteiger partial charge in [-0.1, -0.05) is 30.3 Å². The van der Waals surface area contributed by atoms with Crippen molar-refractivity contribution in [2.75, 3.05) is 6.54 Å². The summed E-state index contributed by atoms with van der Waals surface area (Å²) in [6.45, 7) is 3.86. The van der Waals surface area contributed by atoms with Crippen LogP contribution in [0.1, 0.15) is 32.3 Å². The van der Waals surface area contributed by atoms with Gasteiger partial charge >= 0.3 is 5.91 Å². The van der Waals surface area contributed by atoms with Crippen LogP contribution in [0.25, 0.3) is 0 Å². The van der Waals surface area contributed by atoms with Crippen molar-refractivity contribution in [3.05, 3.63) is 65.4 Å². The third kappa shape index (κ3) is 5.48. The van der Waals surface area contributed by atoms with Gasteiger partial charge in [0.25, 0.3) is 0 Å². The second-order valence-corrected chi connectivity index (χ2v) is 6.00. The number of nitrogens with one attached hydrogen (secondary N) is 1. The Balaban J connectivity index is 1.85. The summed E-state index contributed by atoms with van der Waals surface area (Å²) in [7, 11) is 0. The third-order valence-corrected chi connectivity index (χ3v) is 4.02. The van der Waals surface area contributed by atoms with Gasteiger partial charge in [0.2, 0.25) is 0 Å². The Morgan fingerprint density at radius 2 is 1.83 bits per heavy atom. The number of aryl methyl sites for hydroxylation is 1. The zero-order valence-corrected chi connectivity index (χ0v) is 14.3. The Kier molecular flexibility index (Phi) is 6.97. The molecule has 1 amide bonds. The van der Waals surface area contributed by atoms with Gasteiger partial charge in [0, 0.05) is 0 Å². The maximum atomic E-state index is 11.8. The summed E-state index contributed by atoms with van der Waals surface area (Å²) in [6.07, 6.45) is 2.47. The molecule has 0 aromatic heterocycles. The van der Waals surface area contributed by atoms with Crippen LogP contribution in [-0.4, -0.2) is 12.5 Å². The molecule has 0 aliphatic heterocycles. The van der Waals surface area contributed by atoms with Crippen LogP contribution in [-0.2, 0) is 11.2 Å². The smallest absolute Gasteiger partial charge is 0.314 e. The normalized spacial score (nSPS) is 13.3. The molecule has 1 N–H and O–H groups in total. The van der Waals surface area contributed by atoms with E-state index < -0.39 is 0 Å². The van der Waals surface area contributed by atoms with Crippen molar-refractivity contribution < 1.29 is 14.6 Å². The molecule has 0 saturated heterocycles. The molecule has 2 aromatic carbocycles. The molecule has 0 aliphatic carbocycles. The first-order valence-corrected chi connectivity index (χ1v) is 8.49. The van der Waals surface area contributed by atoms with Gasteiger partial charge in [-0.25, -0.2) is 4.79 Å². The Labute approximate surface area is 143 Å². The standard InChI is InChI=1S/C20H25NO3/c1-3-21(23)20(22)16(2)9-7-10-17-11-8-14-19(15-17)24-18-12-5-4-6-13-18/h4-6,8,11-16,21H,3,7,9-10H2,1-2H3. The first-order chi connectivity index (χ1) is 11.6. The number of benzene rings is 2.